The smallest absolute Gasteiger partial charge is 0.870 e. The fourth-order valence-corrected chi connectivity index (χ4v) is 8.56. The summed E-state index contributed by atoms with van der Waals surface area (Å²) in [6.45, 7) is 45.6. The van der Waals surface area contributed by atoms with Crippen molar-refractivity contribution in [1.29, 1.82) is 0 Å². The van der Waals surface area contributed by atoms with E-state index in [9.17, 15) is 19.8 Å². The van der Waals surface area contributed by atoms with Crippen molar-refractivity contribution in [2.45, 2.75) is 212 Å². The molecule has 0 aliphatic rings. The third-order valence-corrected chi connectivity index (χ3v) is 12.5. The Kier molecular flexibility index (Phi) is 25.4. The second-order valence-corrected chi connectivity index (χ2v) is 21.5. The van der Waals surface area contributed by atoms with Gasteiger partial charge in [0, 0.05) is 0 Å². The molecule has 0 aliphatic carbocycles. The van der Waals surface area contributed by atoms with Crippen molar-refractivity contribution in [3.63, 3.8) is 0 Å². The van der Waals surface area contributed by atoms with Crippen LogP contribution in [0.2, 0.25) is 0 Å². The quantitative estimate of drug-likeness (QED) is 0.0514. The first-order valence-electron chi connectivity index (χ1n) is 25.3. The zero-order valence-electron chi connectivity index (χ0n) is 46.9. The van der Waals surface area contributed by atoms with E-state index in [1.807, 2.05) is 95.2 Å². The summed E-state index contributed by atoms with van der Waals surface area (Å²) >= 11 is 0. The van der Waals surface area contributed by atoms with Gasteiger partial charge in [-0.2, -0.15) is 0 Å². The number of hydrogen-bond donors (Lipinski definition) is 2. The second-order valence-electron chi connectivity index (χ2n) is 21.5. The third kappa shape index (κ3) is 17.0. The number of para-hydroxylation sites is 2. The number of benzene rings is 4. The first kappa shape index (κ1) is 63.9. The first-order chi connectivity index (χ1) is 32.4. The molecular weight excluding hydrogens is 935 g/mol. The molecule has 0 heterocycles. The maximum Gasteiger partial charge on any atom is 2.00 e. The molecular formula is C60H86N2NiO8. The van der Waals surface area contributed by atoms with Crippen molar-refractivity contribution < 1.29 is 56.0 Å². The average molecular weight is 1020 g/mol. The van der Waals surface area contributed by atoms with E-state index in [1.54, 1.807) is 0 Å². The normalized spacial score (nSPS) is 12.1. The number of carbonyl (C=O) groups is 2. The zero-order chi connectivity index (χ0) is 53.8. The summed E-state index contributed by atoms with van der Waals surface area (Å²) in [6, 6.07) is 17.0. The van der Waals surface area contributed by atoms with Gasteiger partial charge in [-0.1, -0.05) is 199 Å². The zero-order valence-corrected chi connectivity index (χ0v) is 47.9. The molecule has 4 aromatic carbocycles. The molecule has 0 bridgehead atoms. The Balaban J connectivity index is 0.000000547. The molecule has 0 atom stereocenters. The molecule has 0 radical (unpaired) electrons. The molecule has 0 spiro atoms. The Labute approximate surface area is 437 Å². The van der Waals surface area contributed by atoms with Crippen LogP contribution in [0, 0.1) is 0 Å². The standard InChI is InChI=1S/C28H40N2.2C16H24O4.Ni/c1-17(2)23-13-11-14-24(18(3)4)27(23)29-21(9)22(10)30-28-25(19(5)6)15-12-16-26(28)20(7)8;2*1-8(2)11-7-12(9(3)4)15(20-16(18)19)14(17)13(11)10(5)6;/h11-20H,1-10H3;2*7-10,17H,1-6H3,(H,18,19);/q;;;+2/p-2. The maximum absolute atomic E-state index is 12.6. The van der Waals surface area contributed by atoms with E-state index in [-0.39, 0.29) is 75.0 Å². The summed E-state index contributed by atoms with van der Waals surface area (Å²) in [6.07, 6.45) is -2.90. The average Bonchev–Trinajstić information content (AvgIpc) is 3.23. The fourth-order valence-electron chi connectivity index (χ4n) is 8.56. The summed E-state index contributed by atoms with van der Waals surface area (Å²) < 4.78 is 9.53. The number of ether oxygens (including phenoxy) is 2. The molecule has 0 aliphatic heterocycles. The van der Waals surface area contributed by atoms with Crippen molar-refractivity contribution in [2.75, 3.05) is 0 Å². The Hall–Kier alpha value is -5.15. The van der Waals surface area contributed by atoms with Crippen LogP contribution in [0.4, 0.5) is 21.0 Å². The van der Waals surface area contributed by atoms with E-state index in [0.29, 0.717) is 45.9 Å². The van der Waals surface area contributed by atoms with E-state index >= 15 is 0 Å². The predicted molar refractivity (Wildman–Crippen MR) is 288 cm³/mol. The van der Waals surface area contributed by atoms with Crippen molar-refractivity contribution in [1.82, 2.24) is 0 Å². The van der Waals surface area contributed by atoms with Crippen LogP contribution < -0.4 is 19.7 Å². The van der Waals surface area contributed by atoms with E-state index in [4.69, 9.17) is 29.7 Å². The fraction of sp³-hybridized carbons (Fsp3) is 0.533. The van der Waals surface area contributed by atoms with Crippen LogP contribution in [0.5, 0.6) is 23.0 Å². The summed E-state index contributed by atoms with van der Waals surface area (Å²) in [5.74, 6) is 1.57. The van der Waals surface area contributed by atoms with Gasteiger partial charge in [-0.15, -0.1) is 0 Å². The van der Waals surface area contributed by atoms with Gasteiger partial charge in [-0.3, -0.25) is 9.98 Å². The molecule has 11 heteroatoms. The van der Waals surface area contributed by atoms with Gasteiger partial charge < -0.3 is 29.9 Å². The summed E-state index contributed by atoms with van der Waals surface area (Å²) in [7, 11) is 0. The van der Waals surface area contributed by atoms with Crippen LogP contribution in [0.15, 0.2) is 58.5 Å². The monoisotopic (exact) mass is 1020 g/mol. The van der Waals surface area contributed by atoms with Gasteiger partial charge >= 0.3 is 28.8 Å². The number of nitrogens with zero attached hydrogens (tertiary/aromatic N) is 2. The van der Waals surface area contributed by atoms with Crippen LogP contribution in [-0.4, -0.2) is 33.9 Å². The Morgan fingerprint density at radius 1 is 0.408 bits per heavy atom. The third-order valence-electron chi connectivity index (χ3n) is 12.5. The summed E-state index contributed by atoms with van der Waals surface area (Å²) in [5, 5.41) is 42.9. The largest absolute Gasteiger partial charge is 2.00 e. The molecule has 394 valence electrons. The van der Waals surface area contributed by atoms with Gasteiger partial charge in [0.2, 0.25) is 0 Å². The van der Waals surface area contributed by atoms with Gasteiger partial charge in [-0.05, 0) is 129 Å². The van der Waals surface area contributed by atoms with E-state index in [0.717, 1.165) is 33.9 Å². The minimum Gasteiger partial charge on any atom is -0.870 e. The van der Waals surface area contributed by atoms with Crippen LogP contribution in [0.25, 0.3) is 0 Å². The Morgan fingerprint density at radius 3 is 0.817 bits per heavy atom. The van der Waals surface area contributed by atoms with Gasteiger partial charge in [0.1, 0.15) is 11.5 Å². The van der Waals surface area contributed by atoms with Gasteiger partial charge in [0.15, 0.2) is 0 Å². The maximum atomic E-state index is 12.6. The Morgan fingerprint density at radius 2 is 0.634 bits per heavy atom. The van der Waals surface area contributed by atoms with Gasteiger partial charge in [0.25, 0.3) is 0 Å². The molecule has 4 rings (SSSR count). The molecule has 10 nitrogen and oxygen atoms in total. The van der Waals surface area contributed by atoms with Crippen molar-refractivity contribution in [3.8, 4) is 23.0 Å². The molecule has 0 amide bonds. The number of rotatable bonds is 15. The molecule has 71 heavy (non-hydrogen) atoms. The predicted octanol–water partition coefficient (Wildman–Crippen LogP) is 17.4. The Bertz CT molecular complexity index is 2250. The van der Waals surface area contributed by atoms with Crippen LogP contribution >= 0.6 is 0 Å². The van der Waals surface area contributed by atoms with Crippen molar-refractivity contribution in [2.24, 2.45) is 9.98 Å². The number of carboxylic acid groups (broad SMARTS) is 2. The van der Waals surface area contributed by atoms with Gasteiger partial charge in [-0.25, -0.2) is 9.59 Å². The molecule has 0 fully saturated rings. The molecule has 0 aromatic heterocycles. The number of aliphatic imine (C=N–C) groups is 2. The van der Waals surface area contributed by atoms with E-state index in [1.165, 1.54) is 22.3 Å². The van der Waals surface area contributed by atoms with Crippen LogP contribution in [0.3, 0.4) is 0 Å². The first-order valence-corrected chi connectivity index (χ1v) is 25.3. The molecule has 0 saturated carbocycles. The minimum absolute atomic E-state index is 0. The van der Waals surface area contributed by atoms with Gasteiger partial charge in [0.05, 0.1) is 22.8 Å². The summed E-state index contributed by atoms with van der Waals surface area (Å²) in [4.78, 5) is 31.9. The van der Waals surface area contributed by atoms with Crippen molar-refractivity contribution in [3.05, 3.63) is 104 Å². The molecule has 2 N–H and O–H groups in total. The summed E-state index contributed by atoms with van der Waals surface area (Å²) in [5.41, 5.74) is 14.0. The van der Waals surface area contributed by atoms with Crippen LogP contribution in [-0.2, 0) is 16.5 Å². The minimum atomic E-state index is -1.45. The number of hydrogen-bond acceptors (Lipinski definition) is 8. The molecule has 0 unspecified atom stereocenters. The van der Waals surface area contributed by atoms with Crippen LogP contribution in [0.1, 0.15) is 267 Å². The second kappa shape index (κ2) is 28.2. The molecule has 0 saturated heterocycles. The topological polar surface area (TPSA) is 164 Å². The SMILES string of the molecule is CC(=Nc1c(C(C)C)cccc1C(C)C)C(C)=Nc1c(C(C)C)cccc1C(C)C.CC(C)c1cc(C(C)C)c(C(C)C)c([O-])c1OC(=O)O.CC(C)c1cc(C(C)C)c(C(C)C)c([O-])c1OC(=O)O.[Ni+2]. The molecule has 4 aromatic rings. The van der Waals surface area contributed by atoms with Crippen molar-refractivity contribution >= 4 is 35.1 Å². The van der Waals surface area contributed by atoms with E-state index in [2.05, 4.69) is 106 Å². The van der Waals surface area contributed by atoms with E-state index < -0.39 is 12.3 Å².